The number of benzene rings is 3. The van der Waals surface area contributed by atoms with Crippen molar-refractivity contribution in [2.75, 3.05) is 43.9 Å². The van der Waals surface area contributed by atoms with E-state index in [9.17, 15) is 71.9 Å². The van der Waals surface area contributed by atoms with Crippen molar-refractivity contribution >= 4 is 122 Å². The van der Waals surface area contributed by atoms with E-state index in [0.717, 1.165) is 11.8 Å². The Morgan fingerprint density at radius 2 is 1.02 bits per heavy atom. The topological polar surface area (TPSA) is 497 Å². The van der Waals surface area contributed by atoms with Gasteiger partial charge in [0, 0.05) is 60.2 Å². The van der Waals surface area contributed by atoms with Crippen molar-refractivity contribution in [1.82, 2.24) is 78.8 Å². The summed E-state index contributed by atoms with van der Waals surface area (Å²) >= 11 is 2.19. The van der Waals surface area contributed by atoms with Crippen LogP contribution >= 0.6 is 23.5 Å². The molecule has 3 aromatic carbocycles. The van der Waals surface area contributed by atoms with E-state index in [1.54, 1.807) is 105 Å². The van der Waals surface area contributed by atoms with Gasteiger partial charge in [0.25, 0.3) is 0 Å². The molecule has 0 aliphatic rings. The predicted octanol–water partition coefficient (Wildman–Crippen LogP) is -1.94. The van der Waals surface area contributed by atoms with Gasteiger partial charge in [-0.3, -0.25) is 71.9 Å². The molecular formula is C67H89N17O15S2. The molecule has 0 unspecified atom stereocenters. The van der Waals surface area contributed by atoms with Crippen molar-refractivity contribution in [2.24, 2.45) is 23.3 Å². The summed E-state index contributed by atoms with van der Waals surface area (Å²) < 4.78 is 0. The zero-order valence-corrected chi connectivity index (χ0v) is 58.5. The SMILES string of the molecule is CSCC[C@H](NC(=O)[C@H](CC(C)C)NC(=O)[C@H](Cc1cnc[nH]1)NC(=O)CNC(=O)[C@@H](NC(=O)[C@H](C)NC(=O)[C@H](Cc1c[nH]c2ccccc12)NC(=O)[C@H](CCC(N)=O)NC(=O)[C@@H](Cc1ccccc1)NC(=O)CNC(=O)CNC(=O)CNC(=O)CSC(=O)c1ccccc1)C(C)C)C(N)=O. The van der Waals surface area contributed by atoms with Gasteiger partial charge in [-0.15, -0.1) is 0 Å². The van der Waals surface area contributed by atoms with Crippen molar-refractivity contribution in [3.63, 3.8) is 0 Å². The number of H-pyrrole nitrogens is 2. The van der Waals surface area contributed by atoms with Gasteiger partial charge in [0.2, 0.25) is 87.8 Å². The van der Waals surface area contributed by atoms with E-state index in [1.807, 2.05) is 20.1 Å². The average molecular weight is 1440 g/mol. The number of rotatable bonds is 42. The highest BCUT2D eigenvalue weighted by Crippen LogP contribution is 2.20. The Labute approximate surface area is 591 Å². The van der Waals surface area contributed by atoms with Crippen LogP contribution in [0, 0.1) is 11.8 Å². The fourth-order valence-electron chi connectivity index (χ4n) is 9.95. The molecule has 0 aliphatic carbocycles. The van der Waals surface area contributed by atoms with Gasteiger partial charge in [0.05, 0.1) is 38.3 Å². The van der Waals surface area contributed by atoms with Crippen LogP contribution in [0.5, 0.6) is 0 Å². The number of aromatic nitrogens is 3. The summed E-state index contributed by atoms with van der Waals surface area (Å²) in [6, 6.07) is 13.0. The Kier molecular flexibility index (Phi) is 33.5. The van der Waals surface area contributed by atoms with Crippen molar-refractivity contribution in [2.45, 2.75) is 128 Å². The van der Waals surface area contributed by atoms with Crippen LogP contribution in [0.1, 0.15) is 87.5 Å². The van der Waals surface area contributed by atoms with Crippen LogP contribution < -0.4 is 75.3 Å². The maximum atomic E-state index is 14.6. The number of para-hydroxylation sites is 1. The lowest BCUT2D eigenvalue weighted by Gasteiger charge is -2.27. The van der Waals surface area contributed by atoms with Gasteiger partial charge < -0.3 is 85.2 Å². The van der Waals surface area contributed by atoms with Crippen LogP contribution in [0.15, 0.2) is 104 Å². The van der Waals surface area contributed by atoms with Gasteiger partial charge in [-0.25, -0.2) is 4.98 Å². The molecule has 14 amide bonds. The summed E-state index contributed by atoms with van der Waals surface area (Å²) in [4.78, 5) is 210. The van der Waals surface area contributed by atoms with Gasteiger partial charge in [0.1, 0.15) is 48.3 Å². The molecule has 5 aromatic rings. The molecule has 34 heteroatoms. The first-order chi connectivity index (χ1) is 48.1. The van der Waals surface area contributed by atoms with E-state index in [2.05, 4.69) is 78.8 Å². The Balaban J connectivity index is 1.24. The highest BCUT2D eigenvalue weighted by Gasteiger charge is 2.35. The van der Waals surface area contributed by atoms with Crippen molar-refractivity contribution in [3.05, 3.63) is 126 Å². The van der Waals surface area contributed by atoms with Gasteiger partial charge in [0.15, 0.2) is 0 Å². The third-order valence-corrected chi connectivity index (χ3v) is 16.9. The van der Waals surface area contributed by atoms with Crippen LogP contribution in [0.25, 0.3) is 10.9 Å². The minimum absolute atomic E-state index is 0.110. The number of nitrogens with zero attached hydrogens (tertiary/aromatic N) is 1. The summed E-state index contributed by atoms with van der Waals surface area (Å²) in [5.74, 6) is -12.0. The third kappa shape index (κ3) is 28.6. The molecule has 0 radical (unpaired) electrons. The lowest BCUT2D eigenvalue weighted by atomic mass is 10.0. The number of imidazole rings is 1. The smallest absolute Gasteiger partial charge is 0.243 e. The summed E-state index contributed by atoms with van der Waals surface area (Å²) in [5.41, 5.74) is 13.7. The number of nitrogens with two attached hydrogens (primary N) is 2. The number of hydrogen-bond acceptors (Lipinski definition) is 18. The number of thioether (sulfide) groups is 2. The number of primary amides is 2. The summed E-state index contributed by atoms with van der Waals surface area (Å²) in [6.45, 7) is 5.66. The highest BCUT2D eigenvalue weighted by atomic mass is 32.2. The first kappa shape index (κ1) is 81.0. The zero-order valence-electron chi connectivity index (χ0n) is 56.8. The second-order valence-electron chi connectivity index (χ2n) is 24.3. The molecule has 101 heavy (non-hydrogen) atoms. The second-order valence-corrected chi connectivity index (χ2v) is 26.2. The van der Waals surface area contributed by atoms with Crippen LogP contribution in [-0.4, -0.2) is 195 Å². The molecule has 544 valence electrons. The number of hydrogen-bond donors (Lipinski definition) is 16. The molecule has 0 saturated heterocycles. The minimum Gasteiger partial charge on any atom is -0.370 e. The molecule has 0 fully saturated rings. The molecule has 2 aromatic heterocycles. The maximum absolute atomic E-state index is 14.6. The summed E-state index contributed by atoms with van der Waals surface area (Å²) in [5, 5.41) is 30.6. The quantitative estimate of drug-likeness (QED) is 0.0202. The van der Waals surface area contributed by atoms with Crippen molar-refractivity contribution in [3.8, 4) is 0 Å². The third-order valence-electron chi connectivity index (χ3n) is 15.3. The molecule has 0 bridgehead atoms. The van der Waals surface area contributed by atoms with Crippen molar-refractivity contribution < 1.29 is 71.9 Å². The van der Waals surface area contributed by atoms with E-state index >= 15 is 0 Å². The van der Waals surface area contributed by atoms with Crippen LogP contribution in [0.4, 0.5) is 0 Å². The standard InChI is InChI=1S/C67H89N17O15S2/c1-37(2)25-48(63(95)80-46(59(69)91)23-24-100-6)82-65(97)51(28-43-30-70-36-76-43)79-56(89)34-75-66(98)58(38(3)4)84-60(92)39(5)77-62(94)50(27-42-29-71-45-20-14-13-19-44(42)45)83-61(93)47(21-22-52(68)85)81-64(96)49(26-40-15-9-7-10-16-40)78-55(88)33-73-53(86)31-72-54(87)32-74-57(90)35-101-67(99)41-17-11-8-12-18-41/h7-20,29-30,36-39,46-51,58,71H,21-28,31-35H2,1-6H3,(H2,68,85)(H2,69,91)(H,70,76)(H,72,87)(H,73,86)(H,74,90)(H,75,98)(H,77,94)(H,78,88)(H,79,89)(H,80,95)(H,81,96)(H,82,97)(H,83,93)(H,84,92)/t39-,46-,47-,48-,49+,50-,51-,58-/m0/s1. The number of carbonyl (C=O) groups excluding carboxylic acids is 15. The number of aromatic amines is 2. The van der Waals surface area contributed by atoms with E-state index in [0.29, 0.717) is 39.0 Å². The Hall–Kier alpha value is -10.6. The van der Waals surface area contributed by atoms with E-state index < -0.39 is 176 Å². The molecule has 2 heterocycles. The summed E-state index contributed by atoms with van der Waals surface area (Å²) in [7, 11) is 0. The fraction of sp³-hybridized carbons (Fsp3) is 0.433. The fourth-order valence-corrected chi connectivity index (χ4v) is 11.1. The van der Waals surface area contributed by atoms with Gasteiger partial charge in [-0.2, -0.15) is 11.8 Å². The molecular weight excluding hydrogens is 1350 g/mol. The predicted molar refractivity (Wildman–Crippen MR) is 376 cm³/mol. The van der Waals surface area contributed by atoms with E-state index in [1.165, 1.54) is 31.2 Å². The maximum Gasteiger partial charge on any atom is 0.243 e. The lowest BCUT2D eigenvalue weighted by Crippen LogP contribution is -2.60. The molecule has 18 N–H and O–H groups in total. The summed E-state index contributed by atoms with van der Waals surface area (Å²) in [6.07, 6.45) is 5.29. The first-order valence-electron chi connectivity index (χ1n) is 32.4. The number of amides is 14. The average Bonchev–Trinajstić information content (AvgIpc) is 1.72. The molecule has 0 aliphatic heterocycles. The van der Waals surface area contributed by atoms with E-state index in [-0.39, 0.29) is 48.9 Å². The Morgan fingerprint density at radius 3 is 1.61 bits per heavy atom. The zero-order chi connectivity index (χ0) is 74.1. The molecule has 0 saturated carbocycles. The largest absolute Gasteiger partial charge is 0.370 e. The minimum atomic E-state index is -1.60. The lowest BCUT2D eigenvalue weighted by molar-refractivity contribution is -0.135. The monoisotopic (exact) mass is 1440 g/mol. The van der Waals surface area contributed by atoms with Gasteiger partial charge in [-0.1, -0.05) is 118 Å². The van der Waals surface area contributed by atoms with Gasteiger partial charge in [-0.05, 0) is 67.2 Å². The van der Waals surface area contributed by atoms with Crippen molar-refractivity contribution in [1.29, 1.82) is 0 Å². The van der Waals surface area contributed by atoms with Crippen LogP contribution in [-0.2, 0) is 86.4 Å². The molecule has 0 spiro atoms. The van der Waals surface area contributed by atoms with Crippen LogP contribution in [0.2, 0.25) is 0 Å². The number of carbonyl (C=O) groups is 15. The normalized spacial score (nSPS) is 13.4. The molecule has 8 atom stereocenters. The van der Waals surface area contributed by atoms with Gasteiger partial charge >= 0.3 is 0 Å². The molecule has 32 nitrogen and oxygen atoms in total. The van der Waals surface area contributed by atoms with Crippen LogP contribution in [0.3, 0.4) is 0 Å². The van der Waals surface area contributed by atoms with E-state index in [4.69, 9.17) is 11.5 Å². The Morgan fingerprint density at radius 1 is 0.495 bits per heavy atom. The number of nitrogens with one attached hydrogen (secondary N) is 14. The number of fused-ring (bicyclic) bond motifs is 1. The second kappa shape index (κ2) is 41.7. The first-order valence-corrected chi connectivity index (χ1v) is 34.8. The Bertz CT molecular complexity index is 3690. The molecule has 5 rings (SSSR count). The highest BCUT2D eigenvalue weighted by molar-refractivity contribution is 8.14.